The predicted octanol–water partition coefficient (Wildman–Crippen LogP) is 2.85. The molecule has 0 spiro atoms. The first-order chi connectivity index (χ1) is 13.9. The number of anilines is 1. The zero-order valence-electron chi connectivity index (χ0n) is 16.3. The second kappa shape index (κ2) is 7.13. The molecule has 4 rings (SSSR count). The van der Waals surface area contributed by atoms with E-state index in [4.69, 9.17) is 4.74 Å². The SMILES string of the molecule is COC(=O)c1cnc(C)c(NC(=O)c2cnn3cc(-c4cn(C)nc4C)sc23)c1. The molecular weight excluding hydrogens is 392 g/mol. The van der Waals surface area contributed by atoms with Crippen molar-refractivity contribution in [3.8, 4) is 10.4 Å². The van der Waals surface area contributed by atoms with E-state index in [1.54, 1.807) is 22.2 Å². The quantitative estimate of drug-likeness (QED) is 0.519. The number of carbonyl (C=O) groups is 2. The van der Waals surface area contributed by atoms with Crippen molar-refractivity contribution in [2.75, 3.05) is 12.4 Å². The molecule has 148 valence electrons. The summed E-state index contributed by atoms with van der Waals surface area (Å²) in [7, 11) is 3.16. The van der Waals surface area contributed by atoms with Crippen LogP contribution < -0.4 is 5.32 Å². The summed E-state index contributed by atoms with van der Waals surface area (Å²) in [5, 5.41) is 11.5. The first-order valence-corrected chi connectivity index (χ1v) is 9.53. The van der Waals surface area contributed by atoms with Gasteiger partial charge in [-0.1, -0.05) is 0 Å². The number of rotatable bonds is 4. The Bertz CT molecular complexity index is 1250. The van der Waals surface area contributed by atoms with Crippen LogP contribution in [0.1, 0.15) is 32.1 Å². The lowest BCUT2D eigenvalue weighted by Gasteiger charge is -2.08. The molecule has 0 saturated carbocycles. The van der Waals surface area contributed by atoms with Crippen LogP contribution in [0.5, 0.6) is 0 Å². The van der Waals surface area contributed by atoms with E-state index < -0.39 is 5.97 Å². The molecule has 9 nitrogen and oxygen atoms in total. The third kappa shape index (κ3) is 3.38. The zero-order chi connectivity index (χ0) is 20.7. The molecule has 1 N–H and O–H groups in total. The van der Waals surface area contributed by atoms with Crippen molar-refractivity contribution in [1.29, 1.82) is 0 Å². The van der Waals surface area contributed by atoms with Crippen molar-refractivity contribution in [3.63, 3.8) is 0 Å². The van der Waals surface area contributed by atoms with Crippen molar-refractivity contribution in [2.45, 2.75) is 13.8 Å². The highest BCUT2D eigenvalue weighted by molar-refractivity contribution is 7.21. The zero-order valence-corrected chi connectivity index (χ0v) is 17.1. The molecule has 0 fully saturated rings. The Hall–Kier alpha value is -3.53. The van der Waals surface area contributed by atoms with Gasteiger partial charge >= 0.3 is 5.97 Å². The van der Waals surface area contributed by atoms with E-state index in [2.05, 4.69) is 20.5 Å². The summed E-state index contributed by atoms with van der Waals surface area (Å²) < 4.78 is 8.14. The van der Waals surface area contributed by atoms with Gasteiger partial charge in [-0.2, -0.15) is 10.2 Å². The minimum atomic E-state index is -0.518. The Morgan fingerprint density at radius 3 is 2.66 bits per heavy atom. The standard InChI is InChI=1S/C19H18N6O3S/c1-10-14(8-24(3)23-10)16-9-25-18(29-16)13(7-21-25)17(26)22-15-5-12(19(27)28-4)6-20-11(15)2/h5-9H,1-4H3,(H,22,26). The van der Waals surface area contributed by atoms with Crippen molar-refractivity contribution >= 4 is 33.7 Å². The van der Waals surface area contributed by atoms with Gasteiger partial charge in [-0.25, -0.2) is 9.31 Å². The summed E-state index contributed by atoms with van der Waals surface area (Å²) in [6.45, 7) is 3.69. The number of carbonyl (C=O) groups excluding carboxylic acids is 2. The smallest absolute Gasteiger partial charge is 0.339 e. The number of nitrogens with zero attached hydrogens (tertiary/aromatic N) is 5. The Balaban J connectivity index is 1.66. The molecule has 0 saturated heterocycles. The van der Waals surface area contributed by atoms with Crippen molar-refractivity contribution in [1.82, 2.24) is 24.4 Å². The number of nitrogens with one attached hydrogen (secondary N) is 1. The van der Waals surface area contributed by atoms with Crippen molar-refractivity contribution < 1.29 is 14.3 Å². The molecule has 0 aromatic carbocycles. The number of aryl methyl sites for hydroxylation is 3. The number of methoxy groups -OCH3 is 1. The fourth-order valence-corrected chi connectivity index (χ4v) is 4.11. The molecule has 0 aliphatic carbocycles. The summed E-state index contributed by atoms with van der Waals surface area (Å²) in [6.07, 6.45) is 6.75. The van der Waals surface area contributed by atoms with E-state index in [9.17, 15) is 9.59 Å². The lowest BCUT2D eigenvalue weighted by Crippen LogP contribution is -2.14. The van der Waals surface area contributed by atoms with E-state index >= 15 is 0 Å². The fraction of sp³-hybridized carbons (Fsp3) is 0.211. The van der Waals surface area contributed by atoms with Crippen LogP contribution in [-0.4, -0.2) is 43.4 Å². The Labute approximate surface area is 169 Å². The first kappa shape index (κ1) is 18.8. The molecule has 4 aromatic heterocycles. The highest BCUT2D eigenvalue weighted by Gasteiger charge is 2.19. The van der Waals surface area contributed by atoms with E-state index in [0.717, 1.165) is 21.0 Å². The Kier molecular flexibility index (Phi) is 4.63. The van der Waals surface area contributed by atoms with E-state index in [0.29, 0.717) is 16.9 Å². The van der Waals surface area contributed by atoms with E-state index in [1.165, 1.54) is 30.8 Å². The predicted molar refractivity (Wildman–Crippen MR) is 108 cm³/mol. The molecule has 4 aromatic rings. The fourth-order valence-electron chi connectivity index (χ4n) is 2.99. The lowest BCUT2D eigenvalue weighted by molar-refractivity contribution is 0.0600. The maximum atomic E-state index is 12.9. The van der Waals surface area contributed by atoms with Gasteiger partial charge in [0, 0.05) is 31.2 Å². The molecule has 0 radical (unpaired) electrons. The average molecular weight is 410 g/mol. The number of fused-ring (bicyclic) bond motifs is 1. The molecule has 0 bridgehead atoms. The minimum absolute atomic E-state index is 0.263. The number of esters is 1. The number of amides is 1. The summed E-state index contributed by atoms with van der Waals surface area (Å²) in [6, 6.07) is 1.55. The summed E-state index contributed by atoms with van der Waals surface area (Å²) in [5.41, 5.74) is 3.64. The molecule has 29 heavy (non-hydrogen) atoms. The second-order valence-electron chi connectivity index (χ2n) is 6.51. The third-order valence-electron chi connectivity index (χ3n) is 4.48. The number of hydrogen-bond acceptors (Lipinski definition) is 7. The van der Waals surface area contributed by atoms with Crippen LogP contribution in [-0.2, 0) is 11.8 Å². The van der Waals surface area contributed by atoms with Crippen LogP contribution in [0.25, 0.3) is 15.3 Å². The first-order valence-electron chi connectivity index (χ1n) is 8.71. The highest BCUT2D eigenvalue weighted by atomic mass is 32.1. The van der Waals surface area contributed by atoms with Gasteiger partial charge in [0.2, 0.25) is 0 Å². The molecule has 0 atom stereocenters. The Morgan fingerprint density at radius 2 is 1.97 bits per heavy atom. The van der Waals surface area contributed by atoms with Crippen LogP contribution in [0.15, 0.2) is 30.9 Å². The van der Waals surface area contributed by atoms with Gasteiger partial charge in [-0.05, 0) is 19.9 Å². The maximum Gasteiger partial charge on any atom is 0.339 e. The van der Waals surface area contributed by atoms with Crippen molar-refractivity contribution in [2.24, 2.45) is 7.05 Å². The van der Waals surface area contributed by atoms with Crippen LogP contribution >= 0.6 is 11.3 Å². The average Bonchev–Trinajstić information content (AvgIpc) is 3.36. The maximum absolute atomic E-state index is 12.9. The molecule has 0 aliphatic heterocycles. The molecule has 4 heterocycles. The van der Waals surface area contributed by atoms with Gasteiger partial charge < -0.3 is 10.1 Å². The van der Waals surface area contributed by atoms with Crippen LogP contribution in [0.4, 0.5) is 5.69 Å². The number of ether oxygens (including phenoxy) is 1. The normalized spacial score (nSPS) is 11.0. The highest BCUT2D eigenvalue weighted by Crippen LogP contribution is 2.32. The molecule has 0 aliphatic rings. The van der Waals surface area contributed by atoms with E-state index in [1.807, 2.05) is 26.4 Å². The Morgan fingerprint density at radius 1 is 1.17 bits per heavy atom. The van der Waals surface area contributed by atoms with Crippen molar-refractivity contribution in [3.05, 3.63) is 53.4 Å². The monoisotopic (exact) mass is 410 g/mol. The van der Waals surface area contributed by atoms with Crippen LogP contribution in [0.2, 0.25) is 0 Å². The van der Waals surface area contributed by atoms with Gasteiger partial charge in [0.25, 0.3) is 5.91 Å². The topological polar surface area (TPSA) is 103 Å². The van der Waals surface area contributed by atoms with Gasteiger partial charge in [0.05, 0.1) is 46.4 Å². The number of thiazole rings is 1. The third-order valence-corrected chi connectivity index (χ3v) is 5.62. The van der Waals surface area contributed by atoms with Crippen LogP contribution in [0.3, 0.4) is 0 Å². The summed E-state index contributed by atoms with van der Waals surface area (Å²) >= 11 is 1.46. The molecule has 1 amide bonds. The van der Waals surface area contributed by atoms with Gasteiger partial charge in [0.15, 0.2) is 0 Å². The lowest BCUT2D eigenvalue weighted by atomic mass is 10.2. The molecular formula is C19H18N6O3S. The van der Waals surface area contributed by atoms with Gasteiger partial charge in [-0.15, -0.1) is 11.3 Å². The molecule has 0 unspecified atom stereocenters. The van der Waals surface area contributed by atoms with E-state index in [-0.39, 0.29) is 11.5 Å². The summed E-state index contributed by atoms with van der Waals surface area (Å²) in [5.74, 6) is -0.848. The number of pyridine rings is 1. The minimum Gasteiger partial charge on any atom is -0.465 e. The number of hydrogen-bond donors (Lipinski definition) is 1. The largest absolute Gasteiger partial charge is 0.465 e. The van der Waals surface area contributed by atoms with Gasteiger partial charge in [0.1, 0.15) is 4.83 Å². The van der Waals surface area contributed by atoms with Gasteiger partial charge in [-0.3, -0.25) is 14.5 Å². The summed E-state index contributed by atoms with van der Waals surface area (Å²) in [4.78, 5) is 30.5. The number of aromatic nitrogens is 5. The molecule has 10 heteroatoms. The second-order valence-corrected chi connectivity index (χ2v) is 7.54. The van der Waals surface area contributed by atoms with Crippen LogP contribution in [0, 0.1) is 13.8 Å².